The van der Waals surface area contributed by atoms with Crippen LogP contribution < -0.4 is 40.4 Å². The van der Waals surface area contributed by atoms with Crippen molar-refractivity contribution < 1.29 is 14.2 Å². The number of benzene rings is 7. The first-order chi connectivity index (χ1) is 29.9. The van der Waals surface area contributed by atoms with Gasteiger partial charge in [0.1, 0.15) is 28.7 Å². The van der Waals surface area contributed by atoms with Gasteiger partial charge in [-0.1, -0.05) is 68.4 Å². The van der Waals surface area contributed by atoms with Crippen LogP contribution in [0.25, 0.3) is 20.2 Å². The molecule has 0 saturated carbocycles. The van der Waals surface area contributed by atoms with Gasteiger partial charge < -0.3 is 24.0 Å². The Morgan fingerprint density at radius 2 is 1.39 bits per heavy atom. The van der Waals surface area contributed by atoms with Crippen LogP contribution in [0.5, 0.6) is 28.7 Å². The molecule has 0 N–H and O–H groups in total. The lowest BCUT2D eigenvalue weighted by atomic mass is 9.34. The Balaban J connectivity index is 1.01. The van der Waals surface area contributed by atoms with E-state index in [1.165, 1.54) is 36.4 Å². The smallest absolute Gasteiger partial charge is 0.256 e. The fraction of sp³-hybridized carbons (Fsp3) is 0.185. The first kappa shape index (κ1) is 38.8. The van der Waals surface area contributed by atoms with Crippen molar-refractivity contribution >= 4 is 94.8 Å². The number of fused-ring (bicyclic) bond motifs is 7. The highest BCUT2D eigenvalue weighted by molar-refractivity contribution is 8.04. The number of allylic oxidation sites excluding steroid dienone is 1. The quantitative estimate of drug-likeness (QED) is 0.149. The number of thioether (sulfide) groups is 1. The van der Waals surface area contributed by atoms with Crippen LogP contribution in [-0.2, 0) is 0 Å². The molecule has 0 unspecified atom stereocenters. The van der Waals surface area contributed by atoms with Crippen LogP contribution >= 0.6 is 23.1 Å². The molecule has 0 saturated heterocycles. The normalized spacial score (nSPS) is 15.6. The molecule has 62 heavy (non-hydrogen) atoms. The average Bonchev–Trinajstić information content (AvgIpc) is 3.69. The van der Waals surface area contributed by atoms with Crippen LogP contribution in [0.4, 0.5) is 28.4 Å². The highest BCUT2D eigenvalue weighted by Crippen LogP contribution is 2.60. The van der Waals surface area contributed by atoms with Gasteiger partial charge in [0.15, 0.2) is 0 Å². The Hall–Kier alpha value is -6.09. The summed E-state index contributed by atoms with van der Waals surface area (Å²) >= 11 is 3.79. The Morgan fingerprint density at radius 1 is 0.661 bits per heavy atom. The molecule has 0 radical (unpaired) electrons. The van der Waals surface area contributed by atoms with E-state index < -0.39 is 0 Å². The number of anilines is 5. The third kappa shape index (κ3) is 5.83. The van der Waals surface area contributed by atoms with E-state index in [1.54, 1.807) is 7.11 Å². The van der Waals surface area contributed by atoms with E-state index in [-0.39, 0.29) is 16.9 Å². The third-order valence-corrected chi connectivity index (χ3v) is 16.7. The van der Waals surface area contributed by atoms with Crippen LogP contribution in [0.1, 0.15) is 45.7 Å². The van der Waals surface area contributed by atoms with Gasteiger partial charge >= 0.3 is 0 Å². The fourth-order valence-electron chi connectivity index (χ4n) is 9.54. The fourth-order valence-corrected chi connectivity index (χ4v) is 12.4. The Morgan fingerprint density at radius 3 is 2.13 bits per heavy atom. The van der Waals surface area contributed by atoms with Gasteiger partial charge in [0.25, 0.3) is 6.71 Å². The maximum atomic E-state index is 6.99. The van der Waals surface area contributed by atoms with Gasteiger partial charge in [-0.15, -0.1) is 23.1 Å². The van der Waals surface area contributed by atoms with Crippen molar-refractivity contribution in [2.75, 3.05) is 16.9 Å². The topological polar surface area (TPSA) is 34.2 Å². The minimum Gasteiger partial charge on any atom is -0.497 e. The standard InChI is InChI=1S/C54H47BN2O3S2/c1-32-27-49-38(29-47(32)59-45-23-15-21-42(33(45)2)57(36-19-13-10-14-20-36)52-34(3)53(4,5)54(6,7)62-52)39-30-48-41(31-50(39)61-49)55-40-26-25-37(58-8)28-44(40)56(35-17-11-9-12-18-35)43-22-16-24-46(60-48)51(43)55/h9-31H,1-8H3. The molecule has 0 spiro atoms. The van der Waals surface area contributed by atoms with Crippen molar-refractivity contribution in [1.82, 2.24) is 0 Å². The zero-order valence-electron chi connectivity index (χ0n) is 36.3. The highest BCUT2D eigenvalue weighted by atomic mass is 32.2. The molecule has 4 heterocycles. The lowest BCUT2D eigenvalue weighted by molar-refractivity contribution is 0.356. The predicted octanol–water partition coefficient (Wildman–Crippen LogP) is 13.8. The summed E-state index contributed by atoms with van der Waals surface area (Å²) < 4.78 is 22.2. The zero-order valence-corrected chi connectivity index (χ0v) is 37.9. The predicted molar refractivity (Wildman–Crippen MR) is 264 cm³/mol. The second-order valence-electron chi connectivity index (χ2n) is 17.8. The van der Waals surface area contributed by atoms with Gasteiger partial charge in [0.2, 0.25) is 0 Å². The molecule has 3 aliphatic heterocycles. The second-order valence-corrected chi connectivity index (χ2v) is 20.5. The Bertz CT molecular complexity index is 3160. The molecule has 1 aromatic heterocycles. The van der Waals surface area contributed by atoms with E-state index in [2.05, 4.69) is 198 Å². The summed E-state index contributed by atoms with van der Waals surface area (Å²) in [5, 5.41) is 3.60. The van der Waals surface area contributed by atoms with E-state index in [0.29, 0.717) is 0 Å². The summed E-state index contributed by atoms with van der Waals surface area (Å²) in [7, 11) is 1.73. The van der Waals surface area contributed by atoms with Gasteiger partial charge in [0, 0.05) is 64.7 Å². The molecule has 0 bridgehead atoms. The first-order valence-corrected chi connectivity index (χ1v) is 22.9. The average molecular weight is 847 g/mol. The van der Waals surface area contributed by atoms with Gasteiger partial charge in [-0.3, -0.25) is 0 Å². The number of rotatable bonds is 7. The van der Waals surface area contributed by atoms with Gasteiger partial charge in [-0.05, 0) is 141 Å². The maximum absolute atomic E-state index is 6.99. The summed E-state index contributed by atoms with van der Waals surface area (Å²) in [6.07, 6.45) is 0. The van der Waals surface area contributed by atoms with Crippen LogP contribution in [0.3, 0.4) is 0 Å². The maximum Gasteiger partial charge on any atom is 0.256 e. The summed E-state index contributed by atoms with van der Waals surface area (Å²) in [6.45, 7) is 16.1. The minimum absolute atomic E-state index is 0.00825. The van der Waals surface area contributed by atoms with Gasteiger partial charge in [-0.2, -0.15) is 0 Å². The molecule has 3 aliphatic rings. The van der Waals surface area contributed by atoms with Crippen LogP contribution in [0.15, 0.2) is 150 Å². The second kappa shape index (κ2) is 14.2. The summed E-state index contributed by atoms with van der Waals surface area (Å²) in [6, 6.07) is 49.8. The van der Waals surface area contributed by atoms with Crippen LogP contribution in [0.2, 0.25) is 0 Å². The van der Waals surface area contributed by atoms with E-state index in [4.69, 9.17) is 14.2 Å². The Kier molecular flexibility index (Phi) is 8.91. The van der Waals surface area contributed by atoms with E-state index in [1.807, 2.05) is 23.1 Å². The van der Waals surface area contributed by atoms with Crippen LogP contribution in [-0.4, -0.2) is 18.6 Å². The van der Waals surface area contributed by atoms with Crippen molar-refractivity contribution in [1.29, 1.82) is 0 Å². The lowest BCUT2D eigenvalue weighted by Crippen LogP contribution is -2.59. The lowest BCUT2D eigenvalue weighted by Gasteiger charge is -2.40. The zero-order chi connectivity index (χ0) is 42.7. The number of methoxy groups -OCH3 is 1. The number of ether oxygens (including phenoxy) is 3. The monoisotopic (exact) mass is 846 g/mol. The molecule has 5 nitrogen and oxygen atoms in total. The molecule has 0 aliphatic carbocycles. The molecular weight excluding hydrogens is 800 g/mol. The third-order valence-electron chi connectivity index (χ3n) is 13.9. The molecular formula is C54H47BN2O3S2. The minimum atomic E-state index is -0.00825. The van der Waals surface area contributed by atoms with Crippen molar-refractivity contribution in [3.05, 3.63) is 161 Å². The number of aryl methyl sites for hydroxylation is 1. The van der Waals surface area contributed by atoms with Crippen molar-refractivity contribution in [2.45, 2.75) is 53.2 Å². The van der Waals surface area contributed by atoms with E-state index in [0.717, 1.165) is 79.1 Å². The number of hydrogen-bond donors (Lipinski definition) is 0. The molecule has 8 heteroatoms. The van der Waals surface area contributed by atoms with Gasteiger partial charge in [-0.25, -0.2) is 0 Å². The SMILES string of the molecule is COc1ccc2c(c1)N(c1ccccc1)c1cccc3c1B2c1cc2sc4cc(C)c(Oc5cccc(N(C6=C(C)C(C)(C)C(C)(C)S6)c6ccccc6)c5C)cc4c2cc1O3. The molecule has 0 atom stereocenters. The van der Waals surface area contributed by atoms with Gasteiger partial charge in [0.05, 0.1) is 17.8 Å². The van der Waals surface area contributed by atoms with Crippen molar-refractivity contribution in [2.24, 2.45) is 5.41 Å². The molecule has 306 valence electrons. The first-order valence-electron chi connectivity index (χ1n) is 21.3. The Labute approximate surface area is 372 Å². The highest BCUT2D eigenvalue weighted by Gasteiger charge is 2.48. The summed E-state index contributed by atoms with van der Waals surface area (Å²) in [4.78, 5) is 4.78. The van der Waals surface area contributed by atoms with Crippen molar-refractivity contribution in [3.63, 3.8) is 0 Å². The molecule has 0 fully saturated rings. The number of thiophene rings is 1. The number of hydrogen-bond acceptors (Lipinski definition) is 7. The molecule has 11 rings (SSSR count). The summed E-state index contributed by atoms with van der Waals surface area (Å²) in [5.74, 6) is 4.29. The van der Waals surface area contributed by atoms with Crippen LogP contribution in [0, 0.1) is 19.3 Å². The largest absolute Gasteiger partial charge is 0.497 e. The van der Waals surface area contributed by atoms with E-state index >= 15 is 0 Å². The summed E-state index contributed by atoms with van der Waals surface area (Å²) in [5.41, 5.74) is 12.8. The molecule has 7 aromatic carbocycles. The van der Waals surface area contributed by atoms with E-state index in [9.17, 15) is 0 Å². The number of nitrogens with zero attached hydrogens (tertiary/aromatic N) is 2. The molecule has 8 aromatic rings. The molecule has 0 amide bonds. The van der Waals surface area contributed by atoms with Crippen molar-refractivity contribution in [3.8, 4) is 28.7 Å². The number of para-hydroxylation sites is 2.